The largest absolute Gasteiger partial charge is 0.496 e. The number of fused-ring (bicyclic) bond motifs is 1. The highest BCUT2D eigenvalue weighted by atomic mass is 79.9. The van der Waals surface area contributed by atoms with Crippen LogP contribution in [0.4, 0.5) is 0 Å². The highest BCUT2D eigenvalue weighted by Crippen LogP contribution is 2.28. The maximum absolute atomic E-state index is 10.3. The molecule has 4 nitrogen and oxygen atoms in total. The highest BCUT2D eigenvalue weighted by Gasteiger charge is 2.10. The van der Waals surface area contributed by atoms with Crippen molar-refractivity contribution in [2.45, 2.75) is 12.5 Å². The summed E-state index contributed by atoms with van der Waals surface area (Å²) in [5, 5.41) is 14.9. The summed E-state index contributed by atoms with van der Waals surface area (Å²) in [6.07, 6.45) is 2.39. The van der Waals surface area contributed by atoms with Crippen LogP contribution < -0.4 is 10.1 Å². The molecule has 1 aromatic heterocycles. The van der Waals surface area contributed by atoms with Crippen LogP contribution in [-0.4, -0.2) is 30.3 Å². The Kier molecular flexibility index (Phi) is 6.17. The Bertz CT molecular complexity index is 864. The number of aromatic nitrogens is 1. The molecule has 0 radical (unpaired) electrons. The van der Waals surface area contributed by atoms with Gasteiger partial charge < -0.3 is 20.1 Å². The molecule has 1 heterocycles. The van der Waals surface area contributed by atoms with Gasteiger partial charge in [-0.05, 0) is 70.4 Å². The number of methoxy groups -OCH3 is 1. The first-order valence-electron chi connectivity index (χ1n) is 8.06. The van der Waals surface area contributed by atoms with Crippen LogP contribution in [0.2, 0.25) is 0 Å². The molecule has 132 valence electrons. The SMILES string of the molecule is COc1ccc([C@@H](O)CNCCc2c[nH]c3ccc(Br)cc23)cc1Br. The van der Waals surface area contributed by atoms with E-state index in [1.165, 1.54) is 10.9 Å². The van der Waals surface area contributed by atoms with Gasteiger partial charge in [0.05, 0.1) is 17.7 Å². The zero-order valence-electron chi connectivity index (χ0n) is 13.9. The molecule has 3 aromatic rings. The molecular formula is C19H20Br2N2O2. The molecule has 0 saturated heterocycles. The van der Waals surface area contributed by atoms with Crippen LogP contribution in [0.15, 0.2) is 51.5 Å². The first-order chi connectivity index (χ1) is 12.1. The molecule has 3 N–H and O–H groups in total. The molecule has 0 spiro atoms. The second-order valence-corrected chi connectivity index (χ2v) is 7.64. The van der Waals surface area contributed by atoms with Gasteiger partial charge in [-0.25, -0.2) is 0 Å². The van der Waals surface area contributed by atoms with Crippen molar-refractivity contribution < 1.29 is 9.84 Å². The summed E-state index contributed by atoms with van der Waals surface area (Å²) in [6.45, 7) is 1.30. The predicted octanol–water partition coefficient (Wildman–Crippen LogP) is 4.57. The Hall–Kier alpha value is -1.34. The normalized spacial score (nSPS) is 12.5. The van der Waals surface area contributed by atoms with E-state index in [1.807, 2.05) is 24.3 Å². The van der Waals surface area contributed by atoms with Gasteiger partial charge in [-0.1, -0.05) is 22.0 Å². The number of halogens is 2. The summed E-state index contributed by atoms with van der Waals surface area (Å²) >= 11 is 6.97. The first kappa shape index (κ1) is 18.5. The van der Waals surface area contributed by atoms with Crippen LogP contribution in [-0.2, 0) is 6.42 Å². The van der Waals surface area contributed by atoms with Crippen LogP contribution in [0.25, 0.3) is 10.9 Å². The number of aromatic amines is 1. The second-order valence-electron chi connectivity index (χ2n) is 5.87. The molecule has 0 saturated carbocycles. The number of H-pyrrole nitrogens is 1. The van der Waals surface area contributed by atoms with Crippen molar-refractivity contribution in [3.63, 3.8) is 0 Å². The lowest BCUT2D eigenvalue weighted by atomic mass is 10.1. The van der Waals surface area contributed by atoms with Gasteiger partial charge in [0.15, 0.2) is 0 Å². The van der Waals surface area contributed by atoms with E-state index >= 15 is 0 Å². The van der Waals surface area contributed by atoms with Crippen molar-refractivity contribution in [2.75, 3.05) is 20.2 Å². The summed E-state index contributed by atoms with van der Waals surface area (Å²) in [4.78, 5) is 3.29. The number of hydrogen-bond donors (Lipinski definition) is 3. The number of aliphatic hydroxyl groups excluding tert-OH is 1. The number of ether oxygens (including phenoxy) is 1. The van der Waals surface area contributed by atoms with Gasteiger partial charge in [0.2, 0.25) is 0 Å². The molecule has 25 heavy (non-hydrogen) atoms. The Morgan fingerprint density at radius 2 is 2.04 bits per heavy atom. The monoisotopic (exact) mass is 466 g/mol. The number of aliphatic hydroxyl groups is 1. The molecule has 0 amide bonds. The summed E-state index contributed by atoms with van der Waals surface area (Å²) < 4.78 is 7.13. The van der Waals surface area contributed by atoms with E-state index in [0.29, 0.717) is 6.54 Å². The maximum atomic E-state index is 10.3. The first-order valence-corrected chi connectivity index (χ1v) is 9.65. The van der Waals surface area contributed by atoms with E-state index in [4.69, 9.17) is 4.74 Å². The number of benzene rings is 2. The Labute approximate surface area is 163 Å². The van der Waals surface area contributed by atoms with E-state index in [-0.39, 0.29) is 0 Å². The van der Waals surface area contributed by atoms with Gasteiger partial charge in [-0.2, -0.15) is 0 Å². The van der Waals surface area contributed by atoms with Crippen LogP contribution in [0, 0.1) is 0 Å². The molecule has 0 fully saturated rings. The van der Waals surface area contributed by atoms with Crippen LogP contribution in [0.5, 0.6) is 5.75 Å². The Balaban J connectivity index is 1.54. The number of hydrogen-bond acceptors (Lipinski definition) is 3. The summed E-state index contributed by atoms with van der Waals surface area (Å²) in [6, 6.07) is 11.9. The second kappa shape index (κ2) is 8.36. The summed E-state index contributed by atoms with van der Waals surface area (Å²) in [5.74, 6) is 0.759. The molecule has 3 rings (SSSR count). The van der Waals surface area contributed by atoms with Crippen LogP contribution >= 0.6 is 31.9 Å². The Morgan fingerprint density at radius 1 is 1.20 bits per heavy atom. The highest BCUT2D eigenvalue weighted by molar-refractivity contribution is 9.10. The van der Waals surface area contributed by atoms with Crippen molar-refractivity contribution in [1.29, 1.82) is 0 Å². The molecule has 0 bridgehead atoms. The van der Waals surface area contributed by atoms with E-state index in [1.54, 1.807) is 7.11 Å². The van der Waals surface area contributed by atoms with Gasteiger partial charge in [0.25, 0.3) is 0 Å². The van der Waals surface area contributed by atoms with Crippen molar-refractivity contribution in [3.8, 4) is 5.75 Å². The van der Waals surface area contributed by atoms with Crippen LogP contribution in [0.3, 0.4) is 0 Å². The zero-order valence-corrected chi connectivity index (χ0v) is 17.0. The van der Waals surface area contributed by atoms with Crippen molar-refractivity contribution >= 4 is 42.8 Å². The zero-order chi connectivity index (χ0) is 17.8. The smallest absolute Gasteiger partial charge is 0.133 e. The average molecular weight is 468 g/mol. The molecular weight excluding hydrogens is 448 g/mol. The minimum absolute atomic E-state index is 0.505. The van der Waals surface area contributed by atoms with E-state index < -0.39 is 6.10 Å². The predicted molar refractivity (Wildman–Crippen MR) is 108 cm³/mol. The van der Waals surface area contributed by atoms with E-state index in [9.17, 15) is 5.11 Å². The fourth-order valence-electron chi connectivity index (χ4n) is 2.83. The third-order valence-electron chi connectivity index (χ3n) is 4.20. The third-order valence-corrected chi connectivity index (χ3v) is 5.31. The molecule has 0 aliphatic heterocycles. The fraction of sp³-hybridized carbons (Fsp3) is 0.263. The summed E-state index contributed by atoms with van der Waals surface area (Å²) in [7, 11) is 1.63. The van der Waals surface area contributed by atoms with Crippen molar-refractivity contribution in [2.24, 2.45) is 0 Å². The topological polar surface area (TPSA) is 57.3 Å². The average Bonchev–Trinajstić information content (AvgIpc) is 3.00. The van der Waals surface area contributed by atoms with E-state index in [0.717, 1.165) is 38.7 Å². The van der Waals surface area contributed by atoms with Gasteiger partial charge in [0, 0.05) is 28.1 Å². The van der Waals surface area contributed by atoms with Crippen molar-refractivity contribution in [3.05, 3.63) is 62.7 Å². The lowest BCUT2D eigenvalue weighted by Gasteiger charge is -2.13. The summed E-state index contributed by atoms with van der Waals surface area (Å²) in [5.41, 5.74) is 3.27. The minimum atomic E-state index is -0.556. The maximum Gasteiger partial charge on any atom is 0.133 e. The Morgan fingerprint density at radius 3 is 2.80 bits per heavy atom. The standard InChI is InChI=1S/C19H20Br2N2O2/c1-25-19-5-2-12(8-16(19)21)18(24)11-22-7-6-13-10-23-17-4-3-14(20)9-15(13)17/h2-5,8-10,18,22-24H,6-7,11H2,1H3/t18-/m0/s1. The number of nitrogens with one attached hydrogen (secondary N) is 2. The van der Waals surface area contributed by atoms with Gasteiger partial charge in [0.1, 0.15) is 5.75 Å². The lowest BCUT2D eigenvalue weighted by Crippen LogP contribution is -2.23. The third kappa shape index (κ3) is 4.44. The molecule has 1 atom stereocenters. The molecule has 2 aromatic carbocycles. The van der Waals surface area contributed by atoms with E-state index in [2.05, 4.69) is 60.5 Å². The fourth-order valence-corrected chi connectivity index (χ4v) is 3.75. The van der Waals surface area contributed by atoms with Crippen molar-refractivity contribution in [1.82, 2.24) is 10.3 Å². The van der Waals surface area contributed by atoms with Gasteiger partial charge >= 0.3 is 0 Å². The quantitative estimate of drug-likeness (QED) is 0.446. The van der Waals surface area contributed by atoms with Gasteiger partial charge in [-0.15, -0.1) is 0 Å². The molecule has 0 aliphatic carbocycles. The molecule has 6 heteroatoms. The number of rotatable bonds is 7. The minimum Gasteiger partial charge on any atom is -0.496 e. The van der Waals surface area contributed by atoms with Crippen LogP contribution in [0.1, 0.15) is 17.2 Å². The molecule has 0 aliphatic rings. The lowest BCUT2D eigenvalue weighted by molar-refractivity contribution is 0.175. The molecule has 0 unspecified atom stereocenters. The van der Waals surface area contributed by atoms with Gasteiger partial charge in [-0.3, -0.25) is 0 Å².